The second-order valence-electron chi connectivity index (χ2n) is 5.42. The third-order valence-corrected chi connectivity index (χ3v) is 4.23. The highest BCUT2D eigenvalue weighted by Gasteiger charge is 2.13. The van der Waals surface area contributed by atoms with Crippen molar-refractivity contribution in [1.82, 2.24) is 4.57 Å². The van der Waals surface area contributed by atoms with E-state index in [1.807, 2.05) is 12.1 Å². The van der Waals surface area contributed by atoms with Gasteiger partial charge < -0.3 is 9.88 Å². The lowest BCUT2D eigenvalue weighted by Crippen LogP contribution is -2.29. The summed E-state index contributed by atoms with van der Waals surface area (Å²) in [5.74, 6) is -0.497. The van der Waals surface area contributed by atoms with Crippen molar-refractivity contribution >= 4 is 34.8 Å². The van der Waals surface area contributed by atoms with Gasteiger partial charge in [-0.3, -0.25) is 9.59 Å². The number of nitrogens with one attached hydrogen (secondary N) is 1. The zero-order valence-corrected chi connectivity index (χ0v) is 14.6. The third kappa shape index (κ3) is 4.10. The first-order valence-corrected chi connectivity index (χ1v) is 8.30. The predicted octanol–water partition coefficient (Wildman–Crippen LogP) is 4.46. The van der Waals surface area contributed by atoms with Crippen molar-refractivity contribution in [3.63, 3.8) is 0 Å². The standard InChI is InChI=1S/C19H14Cl2N2O2/c20-14-9-7-13(8-10-14)12-23-11-3-4-15(19(23)25)18(24)22-17-6-2-1-5-16(17)21/h1-11H,12H2,(H,22,24). The summed E-state index contributed by atoms with van der Waals surface area (Å²) in [6, 6.07) is 17.2. The number of anilines is 1. The van der Waals surface area contributed by atoms with Gasteiger partial charge in [0.25, 0.3) is 11.5 Å². The molecule has 1 heterocycles. The van der Waals surface area contributed by atoms with Crippen LogP contribution < -0.4 is 10.9 Å². The number of carbonyl (C=O) groups excluding carboxylic acids is 1. The Labute approximate surface area is 154 Å². The lowest BCUT2D eigenvalue weighted by molar-refractivity contribution is 0.102. The number of halogens is 2. The number of aromatic nitrogens is 1. The summed E-state index contributed by atoms with van der Waals surface area (Å²) in [6.45, 7) is 0.350. The van der Waals surface area contributed by atoms with Crippen LogP contribution in [-0.4, -0.2) is 10.5 Å². The Morgan fingerprint density at radius 1 is 0.960 bits per heavy atom. The van der Waals surface area contributed by atoms with Crippen LogP contribution in [0, 0.1) is 0 Å². The van der Waals surface area contributed by atoms with Gasteiger partial charge in [-0.1, -0.05) is 47.5 Å². The molecule has 126 valence electrons. The third-order valence-electron chi connectivity index (χ3n) is 3.65. The summed E-state index contributed by atoms with van der Waals surface area (Å²) in [4.78, 5) is 25.0. The molecule has 0 aliphatic rings. The van der Waals surface area contributed by atoms with Crippen LogP contribution in [0.15, 0.2) is 71.7 Å². The summed E-state index contributed by atoms with van der Waals surface area (Å²) in [5.41, 5.74) is 1.05. The zero-order chi connectivity index (χ0) is 17.8. The van der Waals surface area contributed by atoms with Crippen molar-refractivity contribution in [3.8, 4) is 0 Å². The molecule has 1 N–H and O–H groups in total. The average Bonchev–Trinajstić information content (AvgIpc) is 2.60. The summed E-state index contributed by atoms with van der Waals surface area (Å²) >= 11 is 11.9. The zero-order valence-electron chi connectivity index (χ0n) is 13.1. The summed E-state index contributed by atoms with van der Waals surface area (Å²) in [6.07, 6.45) is 1.64. The second kappa shape index (κ2) is 7.55. The Morgan fingerprint density at radius 2 is 1.68 bits per heavy atom. The van der Waals surface area contributed by atoms with Crippen LogP contribution in [0.1, 0.15) is 15.9 Å². The predicted molar refractivity (Wildman–Crippen MR) is 101 cm³/mol. The molecule has 3 rings (SSSR count). The number of nitrogens with zero attached hydrogens (tertiary/aromatic N) is 1. The molecule has 0 saturated carbocycles. The van der Waals surface area contributed by atoms with Gasteiger partial charge in [-0.25, -0.2) is 0 Å². The van der Waals surface area contributed by atoms with E-state index in [1.54, 1.807) is 48.7 Å². The topological polar surface area (TPSA) is 51.1 Å². The van der Waals surface area contributed by atoms with E-state index in [4.69, 9.17) is 23.2 Å². The molecule has 0 fully saturated rings. The first-order chi connectivity index (χ1) is 12.0. The van der Waals surface area contributed by atoms with E-state index >= 15 is 0 Å². The average molecular weight is 373 g/mol. The summed E-state index contributed by atoms with van der Waals surface area (Å²) in [7, 11) is 0. The number of benzene rings is 2. The number of rotatable bonds is 4. The molecule has 3 aromatic rings. The van der Waals surface area contributed by atoms with E-state index in [1.165, 1.54) is 10.6 Å². The number of para-hydroxylation sites is 1. The fraction of sp³-hybridized carbons (Fsp3) is 0.0526. The maximum Gasteiger partial charge on any atom is 0.263 e. The lowest BCUT2D eigenvalue weighted by atomic mass is 10.2. The highest BCUT2D eigenvalue weighted by molar-refractivity contribution is 6.33. The first-order valence-electron chi connectivity index (χ1n) is 7.54. The van der Waals surface area contributed by atoms with Crippen LogP contribution in [-0.2, 0) is 6.54 Å². The van der Waals surface area contributed by atoms with Crippen molar-refractivity contribution in [3.05, 3.63) is 98.4 Å². The molecule has 1 aromatic heterocycles. The number of hydrogen-bond donors (Lipinski definition) is 1. The minimum atomic E-state index is -0.497. The van der Waals surface area contributed by atoms with Crippen LogP contribution in [0.4, 0.5) is 5.69 Å². The minimum Gasteiger partial charge on any atom is -0.320 e. The number of hydrogen-bond acceptors (Lipinski definition) is 2. The lowest BCUT2D eigenvalue weighted by Gasteiger charge is -2.10. The maximum atomic E-state index is 12.6. The van der Waals surface area contributed by atoms with E-state index in [0.29, 0.717) is 22.3 Å². The first kappa shape index (κ1) is 17.3. The van der Waals surface area contributed by atoms with Crippen molar-refractivity contribution in [2.24, 2.45) is 0 Å². The molecule has 2 aromatic carbocycles. The molecule has 1 amide bonds. The fourth-order valence-electron chi connectivity index (χ4n) is 2.37. The molecular weight excluding hydrogens is 359 g/mol. The molecule has 0 aliphatic carbocycles. The maximum absolute atomic E-state index is 12.6. The number of amides is 1. The van der Waals surface area contributed by atoms with Crippen molar-refractivity contribution in [1.29, 1.82) is 0 Å². The van der Waals surface area contributed by atoms with E-state index in [-0.39, 0.29) is 11.1 Å². The quantitative estimate of drug-likeness (QED) is 0.734. The van der Waals surface area contributed by atoms with E-state index in [9.17, 15) is 9.59 Å². The number of pyridine rings is 1. The molecule has 0 unspecified atom stereocenters. The van der Waals surface area contributed by atoms with Gasteiger partial charge in [0.2, 0.25) is 0 Å². The van der Waals surface area contributed by atoms with Gasteiger partial charge in [0.05, 0.1) is 17.3 Å². The van der Waals surface area contributed by atoms with Crippen LogP contribution >= 0.6 is 23.2 Å². The summed E-state index contributed by atoms with van der Waals surface area (Å²) < 4.78 is 1.48. The Hall–Kier alpha value is -2.56. The molecule has 0 atom stereocenters. The van der Waals surface area contributed by atoms with Gasteiger partial charge in [-0.15, -0.1) is 0 Å². The highest BCUT2D eigenvalue weighted by Crippen LogP contribution is 2.20. The van der Waals surface area contributed by atoms with Crippen LogP contribution in [0.5, 0.6) is 0 Å². The van der Waals surface area contributed by atoms with Gasteiger partial charge in [-0.2, -0.15) is 0 Å². The van der Waals surface area contributed by atoms with Crippen molar-refractivity contribution in [2.75, 3.05) is 5.32 Å². The number of carbonyl (C=O) groups is 1. The molecule has 25 heavy (non-hydrogen) atoms. The molecular formula is C19H14Cl2N2O2. The SMILES string of the molecule is O=C(Nc1ccccc1Cl)c1cccn(Cc2ccc(Cl)cc2)c1=O. The van der Waals surface area contributed by atoms with E-state index < -0.39 is 5.91 Å². The molecule has 6 heteroatoms. The Balaban J connectivity index is 1.85. The highest BCUT2D eigenvalue weighted by atomic mass is 35.5. The van der Waals surface area contributed by atoms with Crippen molar-refractivity contribution in [2.45, 2.75) is 6.54 Å². The molecule has 0 bridgehead atoms. The monoisotopic (exact) mass is 372 g/mol. The van der Waals surface area contributed by atoms with Crippen molar-refractivity contribution < 1.29 is 4.79 Å². The van der Waals surface area contributed by atoms with Gasteiger partial charge in [0, 0.05) is 11.2 Å². The fourth-order valence-corrected chi connectivity index (χ4v) is 2.68. The molecule has 0 radical (unpaired) electrons. The van der Waals surface area contributed by atoms with E-state index in [2.05, 4.69) is 5.32 Å². The van der Waals surface area contributed by atoms with Crippen LogP contribution in [0.25, 0.3) is 0 Å². The molecule has 0 aliphatic heterocycles. The minimum absolute atomic E-state index is 0.0522. The largest absolute Gasteiger partial charge is 0.320 e. The Morgan fingerprint density at radius 3 is 2.40 bits per heavy atom. The second-order valence-corrected chi connectivity index (χ2v) is 6.26. The van der Waals surface area contributed by atoms with Crippen LogP contribution in [0.2, 0.25) is 10.0 Å². The van der Waals surface area contributed by atoms with Gasteiger partial charge in [0.15, 0.2) is 0 Å². The van der Waals surface area contributed by atoms with Gasteiger partial charge >= 0.3 is 0 Å². The normalized spacial score (nSPS) is 10.5. The Bertz CT molecular complexity index is 966. The smallest absolute Gasteiger partial charge is 0.263 e. The van der Waals surface area contributed by atoms with Gasteiger partial charge in [-0.05, 0) is 42.0 Å². The Kier molecular flexibility index (Phi) is 5.22. The summed E-state index contributed by atoms with van der Waals surface area (Å²) in [5, 5.41) is 3.70. The van der Waals surface area contributed by atoms with Gasteiger partial charge in [0.1, 0.15) is 5.56 Å². The van der Waals surface area contributed by atoms with E-state index in [0.717, 1.165) is 5.56 Å². The van der Waals surface area contributed by atoms with Crippen LogP contribution in [0.3, 0.4) is 0 Å². The molecule has 4 nitrogen and oxygen atoms in total. The molecule has 0 saturated heterocycles. The molecule has 0 spiro atoms.